The molecule has 0 bridgehead atoms. The van der Waals surface area contributed by atoms with Crippen LogP contribution in [0.1, 0.15) is 21.5 Å². The Morgan fingerprint density at radius 3 is 2.65 bits per heavy atom. The Labute approximate surface area is 123 Å². The number of nitrogens with one attached hydrogen (secondary N) is 1. The zero-order valence-electron chi connectivity index (χ0n) is 10.7. The highest BCUT2D eigenvalue weighted by molar-refractivity contribution is 9.08. The van der Waals surface area contributed by atoms with Gasteiger partial charge in [-0.05, 0) is 36.2 Å². The lowest BCUT2D eigenvalue weighted by atomic mass is 10.1. The summed E-state index contributed by atoms with van der Waals surface area (Å²) in [6.07, 6.45) is 0. The summed E-state index contributed by atoms with van der Waals surface area (Å²) < 4.78 is 26.8. The summed E-state index contributed by atoms with van der Waals surface area (Å²) >= 11 is 3.32. The minimum atomic E-state index is -0.873. The molecule has 2 nitrogen and oxygen atoms in total. The van der Waals surface area contributed by atoms with Gasteiger partial charge in [0.05, 0.1) is 5.56 Å². The second-order valence-corrected chi connectivity index (χ2v) is 4.93. The number of carbonyl (C=O) groups excluding carboxylic acids is 1. The predicted molar refractivity (Wildman–Crippen MR) is 78.1 cm³/mol. The van der Waals surface area contributed by atoms with Gasteiger partial charge in [-0.1, -0.05) is 28.1 Å². The van der Waals surface area contributed by atoms with Crippen molar-refractivity contribution in [3.05, 3.63) is 64.7 Å². The van der Waals surface area contributed by atoms with E-state index in [-0.39, 0.29) is 11.1 Å². The third-order valence-electron chi connectivity index (χ3n) is 2.83. The zero-order valence-corrected chi connectivity index (χ0v) is 12.3. The summed E-state index contributed by atoms with van der Waals surface area (Å²) in [5.41, 5.74) is 1.60. The molecule has 2 aromatic carbocycles. The average Bonchev–Trinajstić information content (AvgIpc) is 2.43. The first-order valence-corrected chi connectivity index (χ1v) is 7.05. The fourth-order valence-electron chi connectivity index (χ4n) is 1.76. The van der Waals surface area contributed by atoms with Gasteiger partial charge in [-0.3, -0.25) is 4.79 Å². The van der Waals surface area contributed by atoms with Crippen molar-refractivity contribution in [2.24, 2.45) is 0 Å². The number of hydrogen-bond donors (Lipinski definition) is 1. The molecular formula is C15H12BrF2NO. The molecule has 0 heterocycles. The zero-order chi connectivity index (χ0) is 14.7. The van der Waals surface area contributed by atoms with Crippen molar-refractivity contribution >= 4 is 27.5 Å². The van der Waals surface area contributed by atoms with Crippen LogP contribution in [0.25, 0.3) is 0 Å². The third kappa shape index (κ3) is 3.22. The van der Waals surface area contributed by atoms with E-state index in [0.29, 0.717) is 11.0 Å². The molecule has 0 aliphatic heterocycles. The SMILES string of the molecule is Cc1cc(C(=O)Nc2cccc(CBr)c2)c(F)cc1F. The molecule has 104 valence electrons. The van der Waals surface area contributed by atoms with Gasteiger partial charge in [-0.25, -0.2) is 8.78 Å². The van der Waals surface area contributed by atoms with Crippen LogP contribution in [0.15, 0.2) is 36.4 Å². The molecule has 2 rings (SSSR count). The summed E-state index contributed by atoms with van der Waals surface area (Å²) in [6, 6.07) is 9.10. The Bertz CT molecular complexity index is 658. The smallest absolute Gasteiger partial charge is 0.258 e. The molecule has 20 heavy (non-hydrogen) atoms. The largest absolute Gasteiger partial charge is 0.322 e. The van der Waals surface area contributed by atoms with Crippen LogP contribution in [0.3, 0.4) is 0 Å². The van der Waals surface area contributed by atoms with Gasteiger partial charge < -0.3 is 5.32 Å². The highest BCUT2D eigenvalue weighted by Gasteiger charge is 2.14. The fourth-order valence-corrected chi connectivity index (χ4v) is 2.11. The maximum absolute atomic E-state index is 13.6. The molecule has 0 spiro atoms. The van der Waals surface area contributed by atoms with Gasteiger partial charge in [0.1, 0.15) is 11.6 Å². The van der Waals surface area contributed by atoms with E-state index >= 15 is 0 Å². The molecule has 5 heteroatoms. The Balaban J connectivity index is 2.26. The van der Waals surface area contributed by atoms with Gasteiger partial charge >= 0.3 is 0 Å². The van der Waals surface area contributed by atoms with E-state index in [4.69, 9.17) is 0 Å². The second kappa shape index (κ2) is 6.13. The third-order valence-corrected chi connectivity index (χ3v) is 3.48. The van der Waals surface area contributed by atoms with E-state index in [2.05, 4.69) is 21.2 Å². The highest BCUT2D eigenvalue weighted by Crippen LogP contribution is 2.18. The molecule has 0 saturated heterocycles. The van der Waals surface area contributed by atoms with Crippen molar-refractivity contribution in [3.63, 3.8) is 0 Å². The van der Waals surface area contributed by atoms with Gasteiger partial charge in [0.15, 0.2) is 0 Å². The molecule has 0 unspecified atom stereocenters. The van der Waals surface area contributed by atoms with E-state index < -0.39 is 17.5 Å². The van der Waals surface area contributed by atoms with Gasteiger partial charge in [-0.2, -0.15) is 0 Å². The first-order valence-electron chi connectivity index (χ1n) is 5.93. The molecule has 0 aromatic heterocycles. The number of aryl methyl sites for hydroxylation is 1. The molecule has 0 fully saturated rings. The molecule has 0 atom stereocenters. The predicted octanol–water partition coefficient (Wildman–Crippen LogP) is 4.42. The van der Waals surface area contributed by atoms with E-state index in [0.717, 1.165) is 11.6 Å². The van der Waals surface area contributed by atoms with E-state index in [9.17, 15) is 13.6 Å². The minimum Gasteiger partial charge on any atom is -0.322 e. The molecule has 1 N–H and O–H groups in total. The number of amides is 1. The summed E-state index contributed by atoms with van der Waals surface area (Å²) in [6.45, 7) is 1.48. The van der Waals surface area contributed by atoms with Crippen LogP contribution in [-0.4, -0.2) is 5.91 Å². The maximum Gasteiger partial charge on any atom is 0.258 e. The van der Waals surface area contributed by atoms with Crippen molar-refractivity contribution in [1.82, 2.24) is 0 Å². The monoisotopic (exact) mass is 339 g/mol. The van der Waals surface area contributed by atoms with Crippen molar-refractivity contribution in [3.8, 4) is 0 Å². The number of alkyl halides is 1. The lowest BCUT2D eigenvalue weighted by Gasteiger charge is -2.08. The normalized spacial score (nSPS) is 10.4. The summed E-state index contributed by atoms with van der Waals surface area (Å²) in [4.78, 5) is 12.0. The number of hydrogen-bond acceptors (Lipinski definition) is 1. The molecule has 0 radical (unpaired) electrons. The summed E-state index contributed by atoms with van der Waals surface area (Å²) in [5, 5.41) is 3.25. The Kier molecular flexibility index (Phi) is 4.49. The lowest BCUT2D eigenvalue weighted by Crippen LogP contribution is -2.14. The molecular weight excluding hydrogens is 328 g/mol. The molecule has 0 saturated carbocycles. The van der Waals surface area contributed by atoms with Crippen LogP contribution >= 0.6 is 15.9 Å². The van der Waals surface area contributed by atoms with Crippen molar-refractivity contribution in [1.29, 1.82) is 0 Å². The Morgan fingerprint density at radius 2 is 1.95 bits per heavy atom. The maximum atomic E-state index is 13.6. The first kappa shape index (κ1) is 14.7. The minimum absolute atomic E-state index is 0.173. The Morgan fingerprint density at radius 1 is 1.20 bits per heavy atom. The number of benzene rings is 2. The summed E-state index contributed by atoms with van der Waals surface area (Å²) in [7, 11) is 0. The van der Waals surface area contributed by atoms with Crippen LogP contribution in [0, 0.1) is 18.6 Å². The second-order valence-electron chi connectivity index (χ2n) is 4.37. The summed E-state index contributed by atoms with van der Waals surface area (Å²) in [5.74, 6) is -2.14. The number of rotatable bonds is 3. The van der Waals surface area contributed by atoms with Crippen molar-refractivity contribution in [2.75, 3.05) is 5.32 Å². The van der Waals surface area contributed by atoms with Crippen LogP contribution < -0.4 is 5.32 Å². The molecule has 1 amide bonds. The Hall–Kier alpha value is -1.75. The number of halogens is 3. The highest BCUT2D eigenvalue weighted by atomic mass is 79.9. The van der Waals surface area contributed by atoms with Crippen molar-refractivity contribution < 1.29 is 13.6 Å². The van der Waals surface area contributed by atoms with Gasteiger partial charge in [0.2, 0.25) is 0 Å². The molecule has 2 aromatic rings. The molecule has 0 aliphatic carbocycles. The van der Waals surface area contributed by atoms with E-state index in [1.54, 1.807) is 18.2 Å². The van der Waals surface area contributed by atoms with E-state index in [1.165, 1.54) is 13.0 Å². The van der Waals surface area contributed by atoms with Crippen LogP contribution in [0.2, 0.25) is 0 Å². The quantitative estimate of drug-likeness (QED) is 0.824. The topological polar surface area (TPSA) is 29.1 Å². The van der Waals surface area contributed by atoms with Crippen LogP contribution in [0.5, 0.6) is 0 Å². The molecule has 0 aliphatic rings. The standard InChI is InChI=1S/C15H12BrF2NO/c1-9-5-12(14(18)7-13(9)17)15(20)19-11-4-2-3-10(6-11)8-16/h2-7H,8H2,1H3,(H,19,20). The lowest BCUT2D eigenvalue weighted by molar-refractivity contribution is 0.102. The van der Waals surface area contributed by atoms with Gasteiger partial charge in [0.25, 0.3) is 5.91 Å². The van der Waals surface area contributed by atoms with Crippen molar-refractivity contribution in [2.45, 2.75) is 12.3 Å². The average molecular weight is 340 g/mol. The van der Waals surface area contributed by atoms with Gasteiger partial charge in [-0.15, -0.1) is 0 Å². The fraction of sp³-hybridized carbons (Fsp3) is 0.133. The van der Waals surface area contributed by atoms with Crippen LogP contribution in [-0.2, 0) is 5.33 Å². The van der Waals surface area contributed by atoms with Gasteiger partial charge in [0, 0.05) is 17.1 Å². The number of anilines is 1. The van der Waals surface area contributed by atoms with E-state index in [1.807, 2.05) is 6.07 Å². The number of carbonyl (C=O) groups is 1. The van der Waals surface area contributed by atoms with Crippen LogP contribution in [0.4, 0.5) is 14.5 Å². The first-order chi connectivity index (χ1) is 9.51.